The Labute approximate surface area is 137 Å². The Bertz CT molecular complexity index is 554. The van der Waals surface area contributed by atoms with Gasteiger partial charge in [0, 0.05) is 6.54 Å². The Balaban J connectivity index is 2.07. The molecule has 0 aliphatic heterocycles. The lowest BCUT2D eigenvalue weighted by atomic mass is 9.92. The highest BCUT2D eigenvalue weighted by molar-refractivity contribution is 6.42. The van der Waals surface area contributed by atoms with Crippen LogP contribution in [0.5, 0.6) is 0 Å². The van der Waals surface area contributed by atoms with E-state index in [2.05, 4.69) is 48.6 Å². The molecule has 0 aromatic heterocycles. The normalized spacial score (nSPS) is 12.3. The molecule has 0 saturated heterocycles. The van der Waals surface area contributed by atoms with E-state index in [4.69, 9.17) is 23.2 Å². The first kappa shape index (κ1) is 16.4. The van der Waals surface area contributed by atoms with E-state index in [0.29, 0.717) is 16.0 Å². The lowest BCUT2D eigenvalue weighted by Gasteiger charge is -2.18. The molecule has 0 aliphatic rings. The van der Waals surface area contributed by atoms with E-state index >= 15 is 0 Å². The van der Waals surface area contributed by atoms with Crippen LogP contribution in [0.15, 0.2) is 48.5 Å². The molecule has 21 heavy (non-hydrogen) atoms. The van der Waals surface area contributed by atoms with Crippen molar-refractivity contribution in [1.29, 1.82) is 0 Å². The largest absolute Gasteiger partial charge is 0.316 e. The Morgan fingerprint density at radius 2 is 1.76 bits per heavy atom. The van der Waals surface area contributed by atoms with Crippen molar-refractivity contribution in [1.82, 2.24) is 5.32 Å². The summed E-state index contributed by atoms with van der Waals surface area (Å²) < 4.78 is 0. The van der Waals surface area contributed by atoms with Crippen LogP contribution in [0.1, 0.15) is 30.4 Å². The van der Waals surface area contributed by atoms with Gasteiger partial charge in [0.05, 0.1) is 10.0 Å². The van der Waals surface area contributed by atoms with Crippen LogP contribution in [0.3, 0.4) is 0 Å². The minimum Gasteiger partial charge on any atom is -0.316 e. The highest BCUT2D eigenvalue weighted by Crippen LogP contribution is 2.29. The molecule has 0 bridgehead atoms. The van der Waals surface area contributed by atoms with Crippen molar-refractivity contribution in [2.45, 2.75) is 25.7 Å². The minimum absolute atomic E-state index is 0.487. The molecule has 2 aromatic carbocycles. The molecule has 112 valence electrons. The summed E-state index contributed by atoms with van der Waals surface area (Å²) in [4.78, 5) is 0. The summed E-state index contributed by atoms with van der Waals surface area (Å²) in [7, 11) is 0. The molecule has 2 aromatic rings. The molecule has 3 heteroatoms. The van der Waals surface area contributed by atoms with Gasteiger partial charge in [-0.25, -0.2) is 0 Å². The van der Waals surface area contributed by atoms with E-state index < -0.39 is 0 Å². The van der Waals surface area contributed by atoms with Crippen LogP contribution in [-0.2, 0) is 6.42 Å². The van der Waals surface area contributed by atoms with Gasteiger partial charge in [-0.3, -0.25) is 0 Å². The van der Waals surface area contributed by atoms with Crippen molar-refractivity contribution in [3.8, 4) is 0 Å². The average molecular weight is 322 g/mol. The molecular weight excluding hydrogens is 301 g/mol. The fourth-order valence-corrected chi connectivity index (χ4v) is 2.92. The number of benzene rings is 2. The molecule has 0 heterocycles. The van der Waals surface area contributed by atoms with Gasteiger partial charge in [0.1, 0.15) is 0 Å². The first-order chi connectivity index (χ1) is 10.2. The smallest absolute Gasteiger partial charge is 0.0624 e. The number of hydrogen-bond acceptors (Lipinski definition) is 1. The summed E-state index contributed by atoms with van der Waals surface area (Å²) in [6.07, 6.45) is 1.99. The Morgan fingerprint density at radius 1 is 1.00 bits per heavy atom. The zero-order valence-electron chi connectivity index (χ0n) is 12.3. The molecule has 0 radical (unpaired) electrons. The molecule has 0 aliphatic carbocycles. The second kappa shape index (κ2) is 8.43. The van der Waals surface area contributed by atoms with Crippen LogP contribution in [0.2, 0.25) is 10.0 Å². The topological polar surface area (TPSA) is 12.0 Å². The molecule has 1 atom stereocenters. The Kier molecular flexibility index (Phi) is 6.56. The van der Waals surface area contributed by atoms with Gasteiger partial charge in [-0.15, -0.1) is 0 Å². The highest BCUT2D eigenvalue weighted by atomic mass is 35.5. The molecule has 1 unspecified atom stereocenters. The fourth-order valence-electron chi connectivity index (χ4n) is 2.50. The second-order valence-corrected chi connectivity index (χ2v) is 5.95. The van der Waals surface area contributed by atoms with E-state index in [0.717, 1.165) is 31.5 Å². The van der Waals surface area contributed by atoms with E-state index in [1.807, 2.05) is 12.1 Å². The molecule has 1 N–H and O–H groups in total. The fraction of sp³-hybridized carbons (Fsp3) is 0.333. The maximum absolute atomic E-state index is 6.28. The first-order valence-corrected chi connectivity index (χ1v) is 8.16. The summed E-state index contributed by atoms with van der Waals surface area (Å²) in [6.45, 7) is 4.11. The molecule has 0 saturated carbocycles. The molecular formula is C18H21Cl2N. The molecule has 2 rings (SSSR count). The summed E-state index contributed by atoms with van der Waals surface area (Å²) in [5.74, 6) is 0.487. The van der Waals surface area contributed by atoms with E-state index in [-0.39, 0.29) is 0 Å². The number of rotatable bonds is 7. The quantitative estimate of drug-likeness (QED) is 0.727. The van der Waals surface area contributed by atoms with Gasteiger partial charge in [-0.05, 0) is 42.5 Å². The maximum Gasteiger partial charge on any atom is 0.0624 e. The summed E-state index contributed by atoms with van der Waals surface area (Å²) in [5, 5.41) is 4.78. The van der Waals surface area contributed by atoms with Crippen molar-refractivity contribution < 1.29 is 0 Å². The van der Waals surface area contributed by atoms with Crippen molar-refractivity contribution in [2.24, 2.45) is 0 Å². The third-order valence-electron chi connectivity index (χ3n) is 3.71. The third kappa shape index (κ3) is 4.74. The SMILES string of the molecule is CCNCC(CCc1cccc(Cl)c1Cl)c1ccccc1. The number of halogens is 2. The number of nitrogens with one attached hydrogen (secondary N) is 1. The van der Waals surface area contributed by atoms with Crippen LogP contribution in [0.4, 0.5) is 0 Å². The van der Waals surface area contributed by atoms with E-state index in [1.54, 1.807) is 0 Å². The summed E-state index contributed by atoms with van der Waals surface area (Å²) in [6, 6.07) is 16.5. The number of likely N-dealkylation sites (N-methyl/N-ethyl adjacent to an activating group) is 1. The lowest BCUT2D eigenvalue weighted by Crippen LogP contribution is -2.21. The Morgan fingerprint density at radius 3 is 2.48 bits per heavy atom. The minimum atomic E-state index is 0.487. The van der Waals surface area contributed by atoms with Crippen molar-refractivity contribution in [2.75, 3.05) is 13.1 Å². The van der Waals surface area contributed by atoms with E-state index in [1.165, 1.54) is 5.56 Å². The molecule has 0 amide bonds. The summed E-state index contributed by atoms with van der Waals surface area (Å²) >= 11 is 12.4. The van der Waals surface area contributed by atoms with Gasteiger partial charge < -0.3 is 5.32 Å². The average Bonchev–Trinajstić information content (AvgIpc) is 2.52. The van der Waals surface area contributed by atoms with Gasteiger partial charge >= 0.3 is 0 Å². The molecule has 0 fully saturated rings. The monoisotopic (exact) mass is 321 g/mol. The first-order valence-electron chi connectivity index (χ1n) is 7.41. The van der Waals surface area contributed by atoms with E-state index in [9.17, 15) is 0 Å². The van der Waals surface area contributed by atoms with Crippen molar-refractivity contribution in [3.05, 3.63) is 69.7 Å². The summed E-state index contributed by atoms with van der Waals surface area (Å²) in [5.41, 5.74) is 2.50. The van der Waals surface area contributed by atoms with Crippen LogP contribution in [0.25, 0.3) is 0 Å². The zero-order chi connectivity index (χ0) is 15.1. The predicted octanol–water partition coefficient (Wildman–Crippen LogP) is 5.32. The second-order valence-electron chi connectivity index (χ2n) is 5.17. The zero-order valence-corrected chi connectivity index (χ0v) is 13.8. The van der Waals surface area contributed by atoms with Crippen LogP contribution in [-0.4, -0.2) is 13.1 Å². The standard InChI is InChI=1S/C18H21Cl2N/c1-2-21-13-16(14-7-4-3-5-8-14)12-11-15-9-6-10-17(19)18(15)20/h3-10,16,21H,2,11-13H2,1H3. The number of aryl methyl sites for hydroxylation is 1. The van der Waals surface area contributed by atoms with Crippen LogP contribution < -0.4 is 5.32 Å². The lowest BCUT2D eigenvalue weighted by molar-refractivity contribution is 0.562. The van der Waals surface area contributed by atoms with Crippen LogP contribution in [0, 0.1) is 0 Å². The van der Waals surface area contributed by atoms with Crippen LogP contribution >= 0.6 is 23.2 Å². The number of hydrogen-bond donors (Lipinski definition) is 1. The molecule has 0 spiro atoms. The van der Waals surface area contributed by atoms with Crippen molar-refractivity contribution >= 4 is 23.2 Å². The predicted molar refractivity (Wildman–Crippen MR) is 92.5 cm³/mol. The highest BCUT2D eigenvalue weighted by Gasteiger charge is 2.12. The van der Waals surface area contributed by atoms with Gasteiger partial charge in [0.2, 0.25) is 0 Å². The van der Waals surface area contributed by atoms with Gasteiger partial charge in [0.25, 0.3) is 0 Å². The van der Waals surface area contributed by atoms with Gasteiger partial charge in [-0.2, -0.15) is 0 Å². The molecule has 1 nitrogen and oxygen atoms in total. The maximum atomic E-state index is 6.28. The third-order valence-corrected chi connectivity index (χ3v) is 4.56. The van der Waals surface area contributed by atoms with Gasteiger partial charge in [0.15, 0.2) is 0 Å². The Hall–Kier alpha value is -1.02. The van der Waals surface area contributed by atoms with Gasteiger partial charge in [-0.1, -0.05) is 72.6 Å². The van der Waals surface area contributed by atoms with Crippen molar-refractivity contribution in [3.63, 3.8) is 0 Å².